The monoisotopic (exact) mass is 459 g/mol. The summed E-state index contributed by atoms with van der Waals surface area (Å²) in [5.74, 6) is -0.576. The molecule has 0 bridgehead atoms. The third kappa shape index (κ3) is 3.11. The van der Waals surface area contributed by atoms with Gasteiger partial charge in [-0.3, -0.25) is 9.59 Å². The number of benzene rings is 1. The Morgan fingerprint density at radius 2 is 1.94 bits per heavy atom. The van der Waals surface area contributed by atoms with Crippen molar-refractivity contribution in [3.63, 3.8) is 0 Å². The average molecular weight is 459 g/mol. The van der Waals surface area contributed by atoms with Gasteiger partial charge in [0.1, 0.15) is 0 Å². The van der Waals surface area contributed by atoms with E-state index in [0.717, 1.165) is 11.8 Å². The Balaban J connectivity index is 1.28. The lowest BCUT2D eigenvalue weighted by atomic mass is 10.1. The van der Waals surface area contributed by atoms with E-state index in [1.807, 2.05) is 34.9 Å². The van der Waals surface area contributed by atoms with E-state index in [9.17, 15) is 14.0 Å². The van der Waals surface area contributed by atoms with Gasteiger partial charge in [0.25, 0.3) is 11.7 Å². The van der Waals surface area contributed by atoms with Crippen LogP contribution in [0, 0.1) is 5.82 Å². The average Bonchev–Trinajstić information content (AvgIpc) is 3.63. The van der Waals surface area contributed by atoms with Gasteiger partial charge in [-0.25, -0.2) is 14.4 Å². The Bertz CT molecular complexity index is 1460. The highest BCUT2D eigenvalue weighted by molar-refractivity contribution is 6.45. The molecule has 0 saturated carbocycles. The molecule has 1 amide bonds. The number of hydrazine groups is 2. The number of aromatic nitrogens is 5. The molecule has 1 aromatic carbocycles. The summed E-state index contributed by atoms with van der Waals surface area (Å²) >= 11 is 0. The number of Topliss-reactive ketones (excluding diaryl/α,β-unsaturated/α-hetero) is 1. The molecule has 34 heavy (non-hydrogen) atoms. The first-order valence-electron chi connectivity index (χ1n) is 10.6. The van der Waals surface area contributed by atoms with Crippen LogP contribution in [0.5, 0.6) is 0 Å². The van der Waals surface area contributed by atoms with E-state index in [-0.39, 0.29) is 17.5 Å². The van der Waals surface area contributed by atoms with Crippen molar-refractivity contribution in [3.8, 4) is 11.4 Å². The molecule has 12 heteroatoms. The number of H-pyrrole nitrogens is 1. The van der Waals surface area contributed by atoms with Gasteiger partial charge in [0.05, 0.1) is 29.2 Å². The van der Waals surface area contributed by atoms with Crippen LogP contribution in [0.25, 0.3) is 22.3 Å². The number of hydrogen-bond donors (Lipinski definition) is 3. The summed E-state index contributed by atoms with van der Waals surface area (Å²) < 4.78 is 16.7. The number of fused-ring (bicyclic) bond motifs is 2. The molecule has 11 nitrogen and oxygen atoms in total. The highest BCUT2D eigenvalue weighted by Gasteiger charge is 2.32. The molecule has 0 fully saturated rings. The number of nitrogens with zero attached hydrogens (tertiary/aromatic N) is 6. The lowest BCUT2D eigenvalue weighted by Crippen LogP contribution is -2.42. The van der Waals surface area contributed by atoms with Crippen LogP contribution < -0.4 is 16.0 Å². The summed E-state index contributed by atoms with van der Waals surface area (Å²) in [6, 6.07) is 9.64. The zero-order chi connectivity index (χ0) is 23.2. The van der Waals surface area contributed by atoms with Crippen LogP contribution in [0.2, 0.25) is 0 Å². The zero-order valence-electron chi connectivity index (χ0n) is 17.7. The number of amides is 1. The third-order valence-corrected chi connectivity index (χ3v) is 5.87. The van der Waals surface area contributed by atoms with Gasteiger partial charge < -0.3 is 19.9 Å². The van der Waals surface area contributed by atoms with Crippen LogP contribution in [0.3, 0.4) is 0 Å². The highest BCUT2D eigenvalue weighted by atomic mass is 19.1. The number of nitrogens with one attached hydrogen (secondary N) is 3. The normalized spacial score (nSPS) is 15.0. The van der Waals surface area contributed by atoms with Gasteiger partial charge in [-0.2, -0.15) is 0 Å². The summed E-state index contributed by atoms with van der Waals surface area (Å²) in [5, 5.41) is 10.0. The maximum absolute atomic E-state index is 14.7. The van der Waals surface area contributed by atoms with E-state index < -0.39 is 17.5 Å². The molecule has 5 heterocycles. The molecule has 0 radical (unpaired) electrons. The van der Waals surface area contributed by atoms with Gasteiger partial charge in [0.2, 0.25) is 0 Å². The molecule has 0 spiro atoms. The topological polar surface area (TPSA) is 124 Å². The number of carbonyl (C=O) groups is 2. The van der Waals surface area contributed by atoms with Crippen molar-refractivity contribution in [3.05, 3.63) is 72.3 Å². The summed E-state index contributed by atoms with van der Waals surface area (Å²) in [7, 11) is 0. The Kier molecular flexibility index (Phi) is 4.59. The Morgan fingerprint density at radius 1 is 1.09 bits per heavy atom. The van der Waals surface area contributed by atoms with E-state index in [1.54, 1.807) is 12.4 Å². The molecule has 170 valence electrons. The van der Waals surface area contributed by atoms with Crippen LogP contribution in [-0.2, 0) is 17.9 Å². The predicted molar refractivity (Wildman–Crippen MR) is 119 cm³/mol. The minimum atomic E-state index is -0.804. The molecule has 3 N–H and O–H groups in total. The quantitative estimate of drug-likeness (QED) is 0.310. The first kappa shape index (κ1) is 20.1. The second-order valence-corrected chi connectivity index (χ2v) is 7.84. The SMILES string of the molecule is O=C(C(=O)N1CCn2c(nnc2-c2ccccc2)C1)c1c[nH]c2c(N3C=CNN3)ncc(F)c12. The van der Waals surface area contributed by atoms with Gasteiger partial charge in [0.15, 0.2) is 23.3 Å². The van der Waals surface area contributed by atoms with Gasteiger partial charge >= 0.3 is 0 Å². The molecule has 0 saturated heterocycles. The number of carbonyl (C=O) groups excluding carboxylic acids is 2. The van der Waals surface area contributed by atoms with Crippen molar-refractivity contribution >= 4 is 28.4 Å². The maximum atomic E-state index is 14.7. The fraction of sp³-hybridized carbons (Fsp3) is 0.136. The molecular formula is C22H18FN9O2. The minimum Gasteiger partial charge on any atom is -0.357 e. The standard InChI is InChI=1S/C22H18FN9O2/c23-15-11-25-21(32-7-6-26-29-32)18-17(15)14(10-24-18)19(33)22(34)30-8-9-31-16(12-30)27-28-20(31)13-4-2-1-3-5-13/h1-7,10-11,24,26,29H,8-9,12H2. The van der Waals surface area contributed by atoms with Crippen molar-refractivity contribution in [1.29, 1.82) is 0 Å². The Labute approximate surface area is 191 Å². The fourth-order valence-electron chi connectivity index (χ4n) is 4.23. The number of ketones is 1. The number of pyridine rings is 1. The highest BCUT2D eigenvalue weighted by Crippen LogP contribution is 2.29. The van der Waals surface area contributed by atoms with E-state index in [2.05, 4.69) is 31.1 Å². The molecule has 6 rings (SSSR count). The van der Waals surface area contributed by atoms with Crippen LogP contribution in [0.15, 0.2) is 55.1 Å². The molecule has 2 aliphatic heterocycles. The van der Waals surface area contributed by atoms with Crippen molar-refractivity contribution in [1.82, 2.24) is 40.6 Å². The lowest BCUT2D eigenvalue weighted by molar-refractivity contribution is -0.127. The van der Waals surface area contributed by atoms with Crippen molar-refractivity contribution in [2.75, 3.05) is 11.6 Å². The van der Waals surface area contributed by atoms with Gasteiger partial charge in [0, 0.05) is 37.2 Å². The van der Waals surface area contributed by atoms with Crippen molar-refractivity contribution in [2.24, 2.45) is 0 Å². The Morgan fingerprint density at radius 3 is 2.74 bits per heavy atom. The number of aromatic amines is 1. The van der Waals surface area contributed by atoms with E-state index in [1.165, 1.54) is 16.1 Å². The minimum absolute atomic E-state index is 0.0111. The lowest BCUT2D eigenvalue weighted by Gasteiger charge is -2.27. The molecule has 2 aliphatic rings. The molecule has 4 aromatic rings. The van der Waals surface area contributed by atoms with Crippen LogP contribution in [0.1, 0.15) is 16.2 Å². The summed E-state index contributed by atoms with van der Waals surface area (Å²) in [4.78, 5) is 34.6. The second-order valence-electron chi connectivity index (χ2n) is 7.84. The van der Waals surface area contributed by atoms with Crippen LogP contribution >= 0.6 is 0 Å². The Hall–Kier alpha value is -4.58. The maximum Gasteiger partial charge on any atom is 0.295 e. The van der Waals surface area contributed by atoms with Crippen molar-refractivity contribution < 1.29 is 14.0 Å². The summed E-state index contributed by atoms with van der Waals surface area (Å²) in [6.45, 7) is 0.888. The molecular weight excluding hydrogens is 441 g/mol. The first-order valence-corrected chi connectivity index (χ1v) is 10.6. The molecule has 0 aliphatic carbocycles. The summed E-state index contributed by atoms with van der Waals surface area (Å²) in [5.41, 5.74) is 6.75. The first-order chi connectivity index (χ1) is 16.6. The van der Waals surface area contributed by atoms with Gasteiger partial charge in [-0.05, 0) is 0 Å². The summed E-state index contributed by atoms with van der Waals surface area (Å²) in [6.07, 6.45) is 5.65. The number of hydrogen-bond acceptors (Lipinski definition) is 8. The van der Waals surface area contributed by atoms with E-state index in [0.29, 0.717) is 36.1 Å². The van der Waals surface area contributed by atoms with Gasteiger partial charge in [-0.15, -0.1) is 15.7 Å². The second kappa shape index (κ2) is 7.78. The molecule has 0 unspecified atom stereocenters. The fourth-order valence-corrected chi connectivity index (χ4v) is 4.23. The number of anilines is 1. The third-order valence-electron chi connectivity index (χ3n) is 5.87. The predicted octanol–water partition coefficient (Wildman–Crippen LogP) is 1.49. The molecule has 0 atom stereocenters. The van der Waals surface area contributed by atoms with Crippen LogP contribution in [0.4, 0.5) is 10.2 Å². The van der Waals surface area contributed by atoms with Crippen LogP contribution in [-0.4, -0.2) is 47.9 Å². The van der Waals surface area contributed by atoms with E-state index in [4.69, 9.17) is 0 Å². The van der Waals surface area contributed by atoms with Gasteiger partial charge in [-0.1, -0.05) is 30.3 Å². The number of rotatable bonds is 4. The van der Waals surface area contributed by atoms with E-state index >= 15 is 0 Å². The number of halogens is 1. The molecule has 3 aromatic heterocycles. The smallest absolute Gasteiger partial charge is 0.295 e. The largest absolute Gasteiger partial charge is 0.357 e. The zero-order valence-corrected chi connectivity index (χ0v) is 17.7. The van der Waals surface area contributed by atoms with Crippen molar-refractivity contribution in [2.45, 2.75) is 13.1 Å².